The highest BCUT2D eigenvalue weighted by Crippen LogP contribution is 2.26. The van der Waals surface area contributed by atoms with Crippen LogP contribution in [-0.2, 0) is 0 Å². The van der Waals surface area contributed by atoms with Crippen LogP contribution < -0.4 is 10.2 Å². The van der Waals surface area contributed by atoms with Crippen molar-refractivity contribution in [3.63, 3.8) is 0 Å². The lowest BCUT2D eigenvalue weighted by molar-refractivity contribution is 0.0836. The van der Waals surface area contributed by atoms with Gasteiger partial charge in [0.25, 0.3) is 0 Å². The van der Waals surface area contributed by atoms with Crippen LogP contribution in [0, 0.1) is 0 Å². The first-order valence-electron chi connectivity index (χ1n) is 9.59. The van der Waals surface area contributed by atoms with Gasteiger partial charge in [-0.15, -0.1) is 0 Å². The van der Waals surface area contributed by atoms with Crippen molar-refractivity contribution in [3.05, 3.63) is 60.8 Å². The molecule has 1 aromatic rings. The summed E-state index contributed by atoms with van der Waals surface area (Å²) in [6, 6.07) is 8.21. The summed E-state index contributed by atoms with van der Waals surface area (Å²) in [6.07, 6.45) is 15.7. The maximum absolute atomic E-state index is 9.93. The van der Waals surface area contributed by atoms with Gasteiger partial charge in [0, 0.05) is 18.5 Å². The lowest BCUT2D eigenvalue weighted by atomic mass is 9.92. The topological polar surface area (TPSA) is 60.3 Å². The number of benzene rings is 1. The Morgan fingerprint density at radius 1 is 1.11 bits per heavy atom. The molecule has 2 atom stereocenters. The molecule has 142 valence electrons. The third-order valence-corrected chi connectivity index (χ3v) is 5.04. The highest BCUT2D eigenvalue weighted by Gasteiger charge is 2.25. The van der Waals surface area contributed by atoms with Gasteiger partial charge >= 0.3 is 0 Å². The Bertz CT molecular complexity index is 754. The summed E-state index contributed by atoms with van der Waals surface area (Å²) >= 11 is 0. The number of hydrazine groups is 1. The number of allylic oxidation sites excluding steroid dienone is 2. The second-order valence-electron chi connectivity index (χ2n) is 7.11. The first kappa shape index (κ1) is 17.7. The van der Waals surface area contributed by atoms with Crippen LogP contribution in [0.3, 0.4) is 0 Å². The fourth-order valence-electron chi connectivity index (χ4n) is 3.63. The zero-order chi connectivity index (χ0) is 18.5. The van der Waals surface area contributed by atoms with E-state index >= 15 is 0 Å². The number of aliphatic imine (C=N–C) groups is 1. The average Bonchev–Trinajstić information content (AvgIpc) is 2.71. The molecule has 2 aliphatic heterocycles. The van der Waals surface area contributed by atoms with E-state index in [2.05, 4.69) is 21.4 Å². The molecule has 0 saturated heterocycles. The Morgan fingerprint density at radius 2 is 2.00 bits per heavy atom. The molecule has 0 amide bonds. The number of hydrogen-bond acceptors (Lipinski definition) is 6. The Balaban J connectivity index is 1.35. The third-order valence-electron chi connectivity index (χ3n) is 5.04. The predicted octanol–water partition coefficient (Wildman–Crippen LogP) is 3.27. The first-order chi connectivity index (χ1) is 13.3. The Kier molecular flexibility index (Phi) is 5.44. The number of rotatable bonds is 5. The van der Waals surface area contributed by atoms with Crippen molar-refractivity contribution in [2.75, 3.05) is 18.5 Å². The van der Waals surface area contributed by atoms with Gasteiger partial charge in [0.15, 0.2) is 0 Å². The number of anilines is 1. The fourth-order valence-corrected chi connectivity index (χ4v) is 3.63. The summed E-state index contributed by atoms with van der Waals surface area (Å²) in [5.41, 5.74) is 4.33. The van der Waals surface area contributed by atoms with Crippen molar-refractivity contribution < 1.29 is 9.84 Å². The highest BCUT2D eigenvalue weighted by atomic mass is 16.5. The SMILES string of the molecule is O[C@@H]1CCC[C@@H](N2C=C(Oc3ccc(NN4C=CC=CC4)cc3)N=CC2)C1. The number of aliphatic hydroxyl groups excluding tert-OH is 1. The van der Waals surface area contributed by atoms with E-state index in [9.17, 15) is 5.11 Å². The number of ether oxygens (including phenoxy) is 1. The molecule has 6 heteroatoms. The Labute approximate surface area is 160 Å². The highest BCUT2D eigenvalue weighted by molar-refractivity contribution is 5.62. The second-order valence-corrected chi connectivity index (χ2v) is 7.11. The van der Waals surface area contributed by atoms with Crippen LogP contribution in [0.5, 0.6) is 5.75 Å². The lowest BCUT2D eigenvalue weighted by Gasteiger charge is -2.35. The smallest absolute Gasteiger partial charge is 0.235 e. The Morgan fingerprint density at radius 3 is 2.78 bits per heavy atom. The van der Waals surface area contributed by atoms with Crippen LogP contribution in [0.15, 0.2) is 65.8 Å². The van der Waals surface area contributed by atoms with E-state index in [1.165, 1.54) is 0 Å². The van der Waals surface area contributed by atoms with Crippen LogP contribution >= 0.6 is 0 Å². The van der Waals surface area contributed by atoms with E-state index in [0.29, 0.717) is 11.9 Å². The van der Waals surface area contributed by atoms with E-state index in [4.69, 9.17) is 4.74 Å². The molecular formula is C21H26N4O2. The van der Waals surface area contributed by atoms with Gasteiger partial charge in [-0.05, 0) is 56.0 Å². The Hall–Kier alpha value is -2.73. The van der Waals surface area contributed by atoms with Gasteiger partial charge in [0.05, 0.1) is 31.1 Å². The minimum Gasteiger partial charge on any atom is -0.438 e. The van der Waals surface area contributed by atoms with Crippen molar-refractivity contribution >= 4 is 11.9 Å². The average molecular weight is 366 g/mol. The van der Waals surface area contributed by atoms with Gasteiger partial charge in [0.2, 0.25) is 5.88 Å². The minimum atomic E-state index is -0.189. The van der Waals surface area contributed by atoms with E-state index in [1.54, 1.807) is 0 Å². The molecule has 2 heterocycles. The van der Waals surface area contributed by atoms with Crippen molar-refractivity contribution in [2.45, 2.75) is 37.8 Å². The zero-order valence-corrected chi connectivity index (χ0v) is 15.4. The van der Waals surface area contributed by atoms with Crippen molar-refractivity contribution in [1.82, 2.24) is 9.91 Å². The largest absolute Gasteiger partial charge is 0.438 e. The molecule has 0 unspecified atom stereocenters. The normalized spacial score (nSPS) is 24.7. The maximum Gasteiger partial charge on any atom is 0.235 e. The first-order valence-corrected chi connectivity index (χ1v) is 9.59. The summed E-state index contributed by atoms with van der Waals surface area (Å²) < 4.78 is 5.94. The number of nitrogens with one attached hydrogen (secondary N) is 1. The van der Waals surface area contributed by atoms with E-state index in [-0.39, 0.29) is 6.10 Å². The van der Waals surface area contributed by atoms with E-state index in [1.807, 2.05) is 60.0 Å². The molecule has 3 aliphatic rings. The molecule has 27 heavy (non-hydrogen) atoms. The molecule has 1 saturated carbocycles. The van der Waals surface area contributed by atoms with Crippen LogP contribution in [0.1, 0.15) is 25.7 Å². The van der Waals surface area contributed by atoms with Gasteiger partial charge in [-0.25, -0.2) is 4.99 Å². The molecule has 6 nitrogen and oxygen atoms in total. The second kappa shape index (κ2) is 8.31. The number of nitrogens with zero attached hydrogens (tertiary/aromatic N) is 3. The molecule has 1 aliphatic carbocycles. The van der Waals surface area contributed by atoms with Crippen molar-refractivity contribution in [2.24, 2.45) is 4.99 Å². The van der Waals surface area contributed by atoms with Crippen LogP contribution in [0.2, 0.25) is 0 Å². The molecular weight excluding hydrogens is 340 g/mol. The third kappa shape index (κ3) is 4.71. The maximum atomic E-state index is 9.93. The molecule has 2 N–H and O–H groups in total. The van der Waals surface area contributed by atoms with Gasteiger partial charge in [-0.2, -0.15) is 0 Å². The summed E-state index contributed by atoms with van der Waals surface area (Å²) in [5, 5.41) is 11.9. The summed E-state index contributed by atoms with van der Waals surface area (Å²) in [5.74, 6) is 1.34. The van der Waals surface area contributed by atoms with Crippen molar-refractivity contribution in [3.8, 4) is 5.75 Å². The fraction of sp³-hybridized carbons (Fsp3) is 0.381. The van der Waals surface area contributed by atoms with Gasteiger partial charge < -0.3 is 14.7 Å². The van der Waals surface area contributed by atoms with Gasteiger partial charge in [-0.1, -0.05) is 12.2 Å². The summed E-state index contributed by atoms with van der Waals surface area (Å²) in [7, 11) is 0. The molecule has 0 spiro atoms. The van der Waals surface area contributed by atoms with Gasteiger partial charge in [-0.3, -0.25) is 10.4 Å². The zero-order valence-electron chi connectivity index (χ0n) is 15.4. The molecule has 4 rings (SSSR count). The molecule has 1 fully saturated rings. The van der Waals surface area contributed by atoms with Gasteiger partial charge in [0.1, 0.15) is 5.75 Å². The number of hydrogen-bond donors (Lipinski definition) is 2. The summed E-state index contributed by atoms with van der Waals surface area (Å²) in [6.45, 7) is 1.60. The van der Waals surface area contributed by atoms with E-state index < -0.39 is 0 Å². The quantitative estimate of drug-likeness (QED) is 0.838. The minimum absolute atomic E-state index is 0.189. The monoisotopic (exact) mass is 366 g/mol. The summed E-state index contributed by atoms with van der Waals surface area (Å²) in [4.78, 5) is 6.61. The van der Waals surface area contributed by atoms with Crippen molar-refractivity contribution in [1.29, 1.82) is 0 Å². The molecule has 0 radical (unpaired) electrons. The van der Waals surface area contributed by atoms with Crippen LogP contribution in [-0.4, -0.2) is 46.5 Å². The number of aliphatic hydroxyl groups is 1. The van der Waals surface area contributed by atoms with E-state index in [0.717, 1.165) is 50.2 Å². The lowest BCUT2D eigenvalue weighted by Crippen LogP contribution is -2.39. The standard InChI is InChI=1S/C21H26N4O2/c26-19-6-4-5-18(15-19)24-14-11-22-21(16-24)27-20-9-7-17(8-10-20)23-25-12-2-1-3-13-25/h1-3,7-12,16,18-19,23,26H,4-6,13-15H2/t18-,19-/m1/s1. The molecule has 0 aromatic heterocycles. The molecule has 1 aromatic carbocycles. The molecule has 0 bridgehead atoms. The predicted molar refractivity (Wildman–Crippen MR) is 107 cm³/mol. The van der Waals surface area contributed by atoms with Crippen LogP contribution in [0.4, 0.5) is 5.69 Å². The van der Waals surface area contributed by atoms with Crippen LogP contribution in [0.25, 0.3) is 0 Å².